The molecule has 2 aromatic rings. The van der Waals surface area contributed by atoms with Crippen molar-refractivity contribution in [3.05, 3.63) is 39.2 Å². The second-order valence-corrected chi connectivity index (χ2v) is 5.80. The van der Waals surface area contributed by atoms with Crippen LogP contribution in [0, 0.1) is 13.8 Å². The van der Waals surface area contributed by atoms with Crippen molar-refractivity contribution in [2.75, 3.05) is 0 Å². The number of phenols is 1. The number of rotatable bonds is 0. The average Bonchev–Trinajstić information content (AvgIpc) is 2.11. The Hall–Kier alpha value is -1.77. The lowest BCUT2D eigenvalue weighted by atomic mass is 9.84. The van der Waals surface area contributed by atoms with Gasteiger partial charge >= 0.3 is 5.63 Å². The van der Waals surface area contributed by atoms with E-state index in [1.165, 1.54) is 0 Å². The number of hydrogen-bond donors (Lipinski definition) is 1. The predicted octanol–water partition coefficient (Wildman–Crippen LogP) is 3.41. The normalized spacial score (nSPS) is 12.1. The van der Waals surface area contributed by atoms with Gasteiger partial charge < -0.3 is 9.52 Å². The van der Waals surface area contributed by atoms with Crippen molar-refractivity contribution in [3.8, 4) is 5.75 Å². The van der Waals surface area contributed by atoms with Crippen LogP contribution in [-0.4, -0.2) is 5.11 Å². The Bertz CT molecular complexity index is 673. The molecule has 0 saturated heterocycles. The maximum Gasteiger partial charge on any atom is 0.340 e. The summed E-state index contributed by atoms with van der Waals surface area (Å²) < 4.78 is 5.35. The van der Waals surface area contributed by atoms with E-state index in [-0.39, 0.29) is 16.8 Å². The second-order valence-electron chi connectivity index (χ2n) is 5.80. The highest BCUT2D eigenvalue weighted by Gasteiger charge is 2.24. The molecule has 1 aromatic carbocycles. The minimum absolute atomic E-state index is 0.164. The molecule has 0 aliphatic carbocycles. The van der Waals surface area contributed by atoms with E-state index in [4.69, 9.17) is 4.42 Å². The van der Waals surface area contributed by atoms with Crippen LogP contribution in [0.4, 0.5) is 0 Å². The molecule has 18 heavy (non-hydrogen) atoms. The summed E-state index contributed by atoms with van der Waals surface area (Å²) in [6, 6.07) is 3.46. The molecular formula is C15H18O3. The Labute approximate surface area is 106 Å². The average molecular weight is 246 g/mol. The van der Waals surface area contributed by atoms with Crippen molar-refractivity contribution in [1.82, 2.24) is 0 Å². The SMILES string of the molecule is Cc1cc(O)c2c(C)c(C(C)(C)C)c(=O)oc2c1. The second kappa shape index (κ2) is 3.87. The van der Waals surface area contributed by atoms with E-state index in [1.807, 2.05) is 34.6 Å². The van der Waals surface area contributed by atoms with Crippen LogP contribution in [-0.2, 0) is 5.41 Å². The van der Waals surface area contributed by atoms with E-state index in [9.17, 15) is 9.90 Å². The van der Waals surface area contributed by atoms with Gasteiger partial charge in [0.2, 0.25) is 0 Å². The topological polar surface area (TPSA) is 50.4 Å². The molecule has 0 unspecified atom stereocenters. The fourth-order valence-electron chi connectivity index (χ4n) is 2.49. The van der Waals surface area contributed by atoms with Gasteiger partial charge in [0.1, 0.15) is 11.3 Å². The molecular weight excluding hydrogens is 228 g/mol. The van der Waals surface area contributed by atoms with Crippen molar-refractivity contribution in [2.24, 2.45) is 0 Å². The van der Waals surface area contributed by atoms with Crippen LogP contribution in [0.3, 0.4) is 0 Å². The molecule has 3 heteroatoms. The zero-order valence-electron chi connectivity index (χ0n) is 11.4. The molecule has 0 amide bonds. The summed E-state index contributed by atoms with van der Waals surface area (Å²) in [5.74, 6) is 0.164. The van der Waals surface area contributed by atoms with Gasteiger partial charge in [-0.15, -0.1) is 0 Å². The first kappa shape index (κ1) is 12.7. The quantitative estimate of drug-likeness (QED) is 0.725. The lowest BCUT2D eigenvalue weighted by molar-refractivity contribution is 0.472. The summed E-state index contributed by atoms with van der Waals surface area (Å²) in [6.07, 6.45) is 0. The minimum Gasteiger partial charge on any atom is -0.507 e. The number of aromatic hydroxyl groups is 1. The Morgan fingerprint density at radius 1 is 1.17 bits per heavy atom. The summed E-state index contributed by atoms with van der Waals surface area (Å²) >= 11 is 0. The van der Waals surface area contributed by atoms with Crippen LogP contribution >= 0.6 is 0 Å². The van der Waals surface area contributed by atoms with Crippen LogP contribution in [0.15, 0.2) is 21.3 Å². The van der Waals surface area contributed by atoms with Gasteiger partial charge in [-0.2, -0.15) is 0 Å². The highest BCUT2D eigenvalue weighted by Crippen LogP contribution is 2.33. The zero-order valence-corrected chi connectivity index (χ0v) is 11.4. The first-order valence-electron chi connectivity index (χ1n) is 5.99. The molecule has 0 atom stereocenters. The third-order valence-electron chi connectivity index (χ3n) is 3.13. The van der Waals surface area contributed by atoms with Gasteiger partial charge in [0.25, 0.3) is 0 Å². The lowest BCUT2D eigenvalue weighted by Gasteiger charge is -2.20. The standard InChI is InChI=1S/C15H18O3/c1-8-6-10(16)12-9(2)13(15(3,4)5)14(17)18-11(12)7-8/h6-7,16H,1-5H3. The van der Waals surface area contributed by atoms with Gasteiger partial charge in [0.05, 0.1) is 5.39 Å². The van der Waals surface area contributed by atoms with Crippen molar-refractivity contribution < 1.29 is 9.52 Å². The van der Waals surface area contributed by atoms with Crippen molar-refractivity contribution in [2.45, 2.75) is 40.0 Å². The van der Waals surface area contributed by atoms with Gasteiger partial charge in [0.15, 0.2) is 0 Å². The largest absolute Gasteiger partial charge is 0.507 e. The molecule has 2 rings (SSSR count). The van der Waals surface area contributed by atoms with Gasteiger partial charge in [-0.25, -0.2) is 4.79 Å². The Morgan fingerprint density at radius 2 is 1.78 bits per heavy atom. The summed E-state index contributed by atoms with van der Waals surface area (Å²) in [5.41, 5.74) is 2.10. The first-order valence-corrected chi connectivity index (χ1v) is 5.99. The van der Waals surface area contributed by atoms with Crippen molar-refractivity contribution >= 4 is 11.0 Å². The zero-order chi connectivity index (χ0) is 13.7. The Kier molecular flexibility index (Phi) is 2.73. The fourth-order valence-corrected chi connectivity index (χ4v) is 2.49. The minimum atomic E-state index is -0.322. The van der Waals surface area contributed by atoms with Crippen LogP contribution in [0.5, 0.6) is 5.75 Å². The molecule has 0 bridgehead atoms. The van der Waals surface area contributed by atoms with Crippen molar-refractivity contribution in [3.63, 3.8) is 0 Å². The number of benzene rings is 1. The molecule has 0 aliphatic rings. The predicted molar refractivity (Wildman–Crippen MR) is 72.3 cm³/mol. The maximum absolute atomic E-state index is 12.1. The molecule has 96 valence electrons. The first-order chi connectivity index (χ1) is 8.21. The third kappa shape index (κ3) is 1.90. The number of fused-ring (bicyclic) bond motifs is 1. The smallest absolute Gasteiger partial charge is 0.340 e. The molecule has 0 radical (unpaired) electrons. The van der Waals surface area contributed by atoms with E-state index < -0.39 is 0 Å². The Morgan fingerprint density at radius 3 is 2.33 bits per heavy atom. The van der Waals surface area contributed by atoms with Crippen molar-refractivity contribution in [1.29, 1.82) is 0 Å². The highest BCUT2D eigenvalue weighted by molar-refractivity contribution is 5.88. The molecule has 1 aromatic heterocycles. The molecule has 0 aliphatic heterocycles. The van der Waals surface area contributed by atoms with E-state index in [1.54, 1.807) is 12.1 Å². The van der Waals surface area contributed by atoms with E-state index in [0.717, 1.165) is 11.1 Å². The Balaban J connectivity index is 2.99. The van der Waals surface area contributed by atoms with Gasteiger partial charge in [-0.1, -0.05) is 20.8 Å². The number of phenolic OH excluding ortho intramolecular Hbond substituents is 1. The number of hydrogen-bond acceptors (Lipinski definition) is 3. The molecule has 0 spiro atoms. The van der Waals surface area contributed by atoms with E-state index in [2.05, 4.69) is 0 Å². The van der Waals surface area contributed by atoms with Gasteiger partial charge in [-0.3, -0.25) is 0 Å². The van der Waals surface area contributed by atoms with E-state index in [0.29, 0.717) is 16.5 Å². The third-order valence-corrected chi connectivity index (χ3v) is 3.13. The summed E-state index contributed by atoms with van der Waals surface area (Å²) in [6.45, 7) is 9.59. The summed E-state index contributed by atoms with van der Waals surface area (Å²) in [7, 11) is 0. The molecule has 0 fully saturated rings. The summed E-state index contributed by atoms with van der Waals surface area (Å²) in [4.78, 5) is 12.1. The molecule has 1 heterocycles. The van der Waals surface area contributed by atoms with Gasteiger partial charge in [-0.05, 0) is 42.5 Å². The van der Waals surface area contributed by atoms with Crippen LogP contribution in [0.25, 0.3) is 11.0 Å². The highest BCUT2D eigenvalue weighted by atomic mass is 16.4. The lowest BCUT2D eigenvalue weighted by Crippen LogP contribution is -2.23. The molecule has 3 nitrogen and oxygen atoms in total. The molecule has 0 saturated carbocycles. The molecule has 1 N–H and O–H groups in total. The van der Waals surface area contributed by atoms with E-state index >= 15 is 0 Å². The monoisotopic (exact) mass is 246 g/mol. The van der Waals surface area contributed by atoms with Crippen LogP contribution in [0.2, 0.25) is 0 Å². The summed E-state index contributed by atoms with van der Waals surface area (Å²) in [5, 5.41) is 10.7. The van der Waals surface area contributed by atoms with Crippen LogP contribution in [0.1, 0.15) is 37.5 Å². The fraction of sp³-hybridized carbons (Fsp3) is 0.400. The maximum atomic E-state index is 12.1. The van der Waals surface area contributed by atoms with Gasteiger partial charge in [0, 0.05) is 5.56 Å². The van der Waals surface area contributed by atoms with Crippen LogP contribution < -0.4 is 5.63 Å². The number of aryl methyl sites for hydroxylation is 2.